The van der Waals surface area contributed by atoms with Gasteiger partial charge in [0.2, 0.25) is 0 Å². The smallest absolute Gasteiger partial charge is 0.416 e. The second kappa shape index (κ2) is 5.30. The molecule has 9 heteroatoms. The van der Waals surface area contributed by atoms with E-state index < -0.39 is 21.2 Å². The van der Waals surface area contributed by atoms with E-state index >= 15 is 0 Å². The lowest BCUT2D eigenvalue weighted by atomic mass is 10.6. The summed E-state index contributed by atoms with van der Waals surface area (Å²) < 4.78 is 11.9. The van der Waals surface area contributed by atoms with E-state index in [0.29, 0.717) is 7.53 Å². The second-order valence-electron chi connectivity index (χ2n) is 2.63. The molecule has 0 bridgehead atoms. The number of azide groups is 2. The number of hydrogen-bond donors (Lipinski definition) is 0. The standard InChI is InChI=1S/C8H4IN6O2/c10-14-12-7-3-1-5(16-7)9-6-2-4-8(17-6)13-15-11/h1-4H/q+1. The maximum absolute atomic E-state index is 8.22. The molecule has 8 nitrogen and oxygen atoms in total. The zero-order chi connectivity index (χ0) is 12.1. The molecule has 0 unspecified atom stereocenters. The molecule has 0 saturated heterocycles. The molecule has 0 aliphatic rings. The van der Waals surface area contributed by atoms with Crippen LogP contribution in [0.25, 0.3) is 20.9 Å². The van der Waals surface area contributed by atoms with E-state index in [4.69, 9.17) is 19.9 Å². The summed E-state index contributed by atoms with van der Waals surface area (Å²) in [4.78, 5) is 5.24. The van der Waals surface area contributed by atoms with Crippen LogP contribution >= 0.6 is 0 Å². The molecule has 84 valence electrons. The normalized spacial score (nSPS) is 9.41. The van der Waals surface area contributed by atoms with Crippen molar-refractivity contribution >= 4 is 11.8 Å². The molecule has 0 N–H and O–H groups in total. The van der Waals surface area contributed by atoms with Gasteiger partial charge in [-0.3, -0.25) is 0 Å². The molecular formula is C8H4IN6O2+. The van der Waals surface area contributed by atoms with Gasteiger partial charge >= 0.3 is 28.7 Å². The summed E-state index contributed by atoms with van der Waals surface area (Å²) in [5.41, 5.74) is 16.4. The van der Waals surface area contributed by atoms with Crippen LogP contribution in [0.1, 0.15) is 0 Å². The summed E-state index contributed by atoms with van der Waals surface area (Å²) >= 11 is -0.652. The molecule has 0 spiro atoms. The fourth-order valence-corrected chi connectivity index (χ4v) is 2.91. The second-order valence-corrected chi connectivity index (χ2v) is 5.29. The van der Waals surface area contributed by atoms with Gasteiger partial charge in [-0.05, 0) is 33.4 Å². The average molecular weight is 343 g/mol. The van der Waals surface area contributed by atoms with E-state index in [9.17, 15) is 0 Å². The van der Waals surface area contributed by atoms with Crippen molar-refractivity contribution in [2.24, 2.45) is 10.2 Å². The minimum atomic E-state index is -0.652. The summed E-state index contributed by atoms with van der Waals surface area (Å²) in [5.74, 6) is 0.452. The van der Waals surface area contributed by atoms with Gasteiger partial charge in [0.25, 0.3) is 0 Å². The van der Waals surface area contributed by atoms with Crippen LogP contribution in [-0.2, 0) is 0 Å². The Morgan fingerprint density at radius 2 is 1.35 bits per heavy atom. The SMILES string of the molecule is [N-]=[N+]=Nc1ccc([I+]c2ccc(N=[N+]=[N-])o2)o1. The monoisotopic (exact) mass is 343 g/mol. The molecule has 2 heterocycles. The minimum absolute atomic E-state index is 0.226. The summed E-state index contributed by atoms with van der Waals surface area (Å²) in [6.45, 7) is 0. The first kappa shape index (κ1) is 11.4. The molecule has 0 amide bonds. The van der Waals surface area contributed by atoms with Gasteiger partial charge in [-0.1, -0.05) is 0 Å². The van der Waals surface area contributed by atoms with Crippen molar-refractivity contribution in [1.82, 2.24) is 0 Å². The number of nitrogens with zero attached hydrogens (tertiary/aromatic N) is 6. The predicted octanol–water partition coefficient (Wildman–Crippen LogP) is 0.885. The van der Waals surface area contributed by atoms with Gasteiger partial charge < -0.3 is 8.83 Å². The quantitative estimate of drug-likeness (QED) is 0.354. The van der Waals surface area contributed by atoms with Crippen molar-refractivity contribution in [3.8, 4) is 0 Å². The average Bonchev–Trinajstić information content (AvgIpc) is 2.91. The third-order valence-electron chi connectivity index (χ3n) is 1.59. The molecule has 2 rings (SSSR count). The number of furan rings is 2. The van der Waals surface area contributed by atoms with Crippen molar-refractivity contribution in [2.75, 3.05) is 0 Å². The van der Waals surface area contributed by atoms with Crippen molar-refractivity contribution in [2.45, 2.75) is 0 Å². The van der Waals surface area contributed by atoms with Crippen molar-refractivity contribution in [3.63, 3.8) is 0 Å². The fraction of sp³-hybridized carbons (Fsp3) is 0. The van der Waals surface area contributed by atoms with E-state index in [1.165, 1.54) is 0 Å². The van der Waals surface area contributed by atoms with E-state index in [1.54, 1.807) is 24.3 Å². The van der Waals surface area contributed by atoms with Gasteiger partial charge in [-0.25, -0.2) is 0 Å². The first-order valence-electron chi connectivity index (χ1n) is 4.26. The van der Waals surface area contributed by atoms with Crippen LogP contribution in [0.15, 0.2) is 43.3 Å². The highest BCUT2D eigenvalue weighted by Crippen LogP contribution is 2.12. The maximum atomic E-state index is 8.22. The molecule has 0 atom stereocenters. The molecule has 0 fully saturated rings. The Morgan fingerprint density at radius 3 is 1.76 bits per heavy atom. The maximum Gasteiger partial charge on any atom is 0.442 e. The zero-order valence-corrected chi connectivity index (χ0v) is 10.3. The Morgan fingerprint density at radius 1 is 0.882 bits per heavy atom. The third kappa shape index (κ3) is 2.94. The Hall–Kier alpha value is -2.09. The zero-order valence-electron chi connectivity index (χ0n) is 8.19. The van der Waals surface area contributed by atoms with Crippen LogP contribution in [0.5, 0.6) is 0 Å². The van der Waals surface area contributed by atoms with Gasteiger partial charge in [-0.15, -0.1) is 0 Å². The van der Waals surface area contributed by atoms with Crippen molar-refractivity contribution in [1.29, 1.82) is 0 Å². The van der Waals surface area contributed by atoms with Crippen LogP contribution in [0.3, 0.4) is 0 Å². The van der Waals surface area contributed by atoms with Crippen LogP contribution in [-0.4, -0.2) is 0 Å². The first-order valence-corrected chi connectivity index (χ1v) is 6.42. The Kier molecular flexibility index (Phi) is 3.55. The minimum Gasteiger partial charge on any atom is -0.416 e. The lowest BCUT2D eigenvalue weighted by Gasteiger charge is -1.77. The van der Waals surface area contributed by atoms with Crippen LogP contribution in [0, 0.1) is 7.53 Å². The van der Waals surface area contributed by atoms with E-state index in [0.717, 1.165) is 0 Å². The Bertz CT molecular complexity index is 565. The number of rotatable bonds is 4. The molecule has 0 aliphatic carbocycles. The molecule has 0 saturated carbocycles. The van der Waals surface area contributed by atoms with Crippen molar-refractivity contribution < 1.29 is 30.0 Å². The first-order chi connectivity index (χ1) is 8.31. The van der Waals surface area contributed by atoms with E-state index in [1.807, 2.05) is 0 Å². The molecule has 0 aromatic carbocycles. The Balaban J connectivity index is 2.13. The summed E-state index contributed by atoms with van der Waals surface area (Å²) in [7, 11) is 0. The van der Waals surface area contributed by atoms with E-state index in [2.05, 4.69) is 20.1 Å². The highest BCUT2D eigenvalue weighted by Gasteiger charge is 2.24. The lowest BCUT2D eigenvalue weighted by molar-refractivity contribution is -0.635. The summed E-state index contributed by atoms with van der Waals surface area (Å²) in [6, 6.07) is 6.64. The molecular weight excluding hydrogens is 339 g/mol. The largest absolute Gasteiger partial charge is 0.442 e. The van der Waals surface area contributed by atoms with Crippen molar-refractivity contribution in [3.05, 3.63) is 52.7 Å². The predicted molar refractivity (Wildman–Crippen MR) is 52.4 cm³/mol. The summed E-state index contributed by atoms with van der Waals surface area (Å²) in [5, 5.41) is 6.68. The molecule has 0 radical (unpaired) electrons. The molecule has 0 aliphatic heterocycles. The van der Waals surface area contributed by atoms with Gasteiger partial charge in [-0.2, -0.15) is 0 Å². The number of hydrogen-bond acceptors (Lipinski definition) is 4. The van der Waals surface area contributed by atoms with Crippen LogP contribution in [0.4, 0.5) is 11.8 Å². The van der Waals surface area contributed by atoms with Crippen LogP contribution in [0.2, 0.25) is 0 Å². The highest BCUT2D eigenvalue weighted by molar-refractivity contribution is 5.21. The highest BCUT2D eigenvalue weighted by atomic mass is 127. The summed E-state index contributed by atoms with van der Waals surface area (Å²) in [6.07, 6.45) is 0. The third-order valence-corrected chi connectivity index (χ3v) is 3.81. The fourth-order valence-electron chi connectivity index (χ4n) is 0.998. The lowest BCUT2D eigenvalue weighted by Crippen LogP contribution is -3.61. The van der Waals surface area contributed by atoms with Gasteiger partial charge in [0.15, 0.2) is 11.8 Å². The molecule has 17 heavy (non-hydrogen) atoms. The molecule has 2 aromatic heterocycles. The Labute approximate surface area is 105 Å². The van der Waals surface area contributed by atoms with Gasteiger partial charge in [0.1, 0.15) is 0 Å². The van der Waals surface area contributed by atoms with E-state index in [-0.39, 0.29) is 11.8 Å². The topological polar surface area (TPSA) is 124 Å². The van der Waals surface area contributed by atoms with Crippen LogP contribution < -0.4 is 21.2 Å². The molecule has 2 aromatic rings. The van der Waals surface area contributed by atoms with Gasteiger partial charge in [0, 0.05) is 22.0 Å². The number of halogens is 1. The van der Waals surface area contributed by atoms with Gasteiger partial charge in [0.05, 0.1) is 0 Å².